The van der Waals surface area contributed by atoms with Crippen LogP contribution in [0.3, 0.4) is 0 Å². The first-order valence-electron chi connectivity index (χ1n) is 10.5. The van der Waals surface area contributed by atoms with Gasteiger partial charge in [-0.25, -0.2) is 0 Å². The third kappa shape index (κ3) is 5.32. The van der Waals surface area contributed by atoms with Crippen LogP contribution in [0.15, 0.2) is 6.07 Å². The summed E-state index contributed by atoms with van der Waals surface area (Å²) in [4.78, 5) is 15.5. The molecule has 2 fully saturated rings. The number of amides is 1. The van der Waals surface area contributed by atoms with E-state index in [4.69, 9.17) is 9.84 Å². The molecule has 2 aliphatic rings. The molecule has 3 rings (SSSR count). The maximum atomic E-state index is 13.0. The van der Waals surface area contributed by atoms with E-state index in [-0.39, 0.29) is 11.4 Å². The summed E-state index contributed by atoms with van der Waals surface area (Å²) in [5, 5.41) is 7.96. The Labute approximate surface area is 163 Å². The van der Waals surface area contributed by atoms with Crippen LogP contribution in [0.25, 0.3) is 0 Å². The second kappa shape index (κ2) is 8.31. The minimum Gasteiger partial charge on any atom is -0.379 e. The first kappa shape index (κ1) is 20.3. The monoisotopic (exact) mass is 376 g/mol. The van der Waals surface area contributed by atoms with Crippen molar-refractivity contribution in [2.24, 2.45) is 5.92 Å². The van der Waals surface area contributed by atoms with E-state index in [0.29, 0.717) is 30.1 Å². The Bertz CT molecular complexity index is 637. The fourth-order valence-corrected chi connectivity index (χ4v) is 3.80. The predicted molar refractivity (Wildman–Crippen MR) is 107 cm³/mol. The largest absolute Gasteiger partial charge is 0.379 e. The van der Waals surface area contributed by atoms with Gasteiger partial charge in [0.05, 0.1) is 24.4 Å². The Balaban J connectivity index is 1.69. The zero-order valence-corrected chi connectivity index (χ0v) is 17.6. The van der Waals surface area contributed by atoms with Crippen LogP contribution in [-0.4, -0.2) is 59.5 Å². The molecule has 27 heavy (non-hydrogen) atoms. The number of nitrogens with zero attached hydrogens (tertiary/aromatic N) is 3. The summed E-state index contributed by atoms with van der Waals surface area (Å²) >= 11 is 0. The fourth-order valence-electron chi connectivity index (χ4n) is 3.80. The summed E-state index contributed by atoms with van der Waals surface area (Å²) in [7, 11) is 0. The molecule has 1 atom stereocenters. The van der Waals surface area contributed by atoms with Crippen LogP contribution in [0.4, 0.5) is 0 Å². The van der Waals surface area contributed by atoms with Crippen molar-refractivity contribution < 1.29 is 9.53 Å². The number of aromatic nitrogens is 2. The van der Waals surface area contributed by atoms with E-state index < -0.39 is 0 Å². The smallest absolute Gasteiger partial charge is 0.269 e. The number of hydrogen-bond donors (Lipinski definition) is 1. The third-order valence-corrected chi connectivity index (χ3v) is 5.40. The molecule has 1 saturated carbocycles. The van der Waals surface area contributed by atoms with Crippen molar-refractivity contribution in [3.05, 3.63) is 17.5 Å². The summed E-state index contributed by atoms with van der Waals surface area (Å²) in [5.74, 6) is 1.13. The first-order chi connectivity index (χ1) is 12.8. The highest BCUT2D eigenvalue weighted by atomic mass is 16.5. The van der Waals surface area contributed by atoms with Crippen molar-refractivity contribution in [1.29, 1.82) is 0 Å². The van der Waals surface area contributed by atoms with E-state index in [1.165, 1.54) is 12.8 Å². The number of morpholine rings is 1. The normalized spacial score (nSPS) is 20.1. The molecule has 2 heterocycles. The highest BCUT2D eigenvalue weighted by molar-refractivity contribution is 5.92. The van der Waals surface area contributed by atoms with Crippen LogP contribution in [0.1, 0.15) is 76.0 Å². The predicted octanol–water partition coefficient (Wildman–Crippen LogP) is 2.99. The van der Waals surface area contributed by atoms with Gasteiger partial charge in [0.2, 0.25) is 0 Å². The molecule has 1 N–H and O–H groups in total. The minimum atomic E-state index is -0.207. The number of hydrogen-bond acceptors (Lipinski definition) is 4. The lowest BCUT2D eigenvalue weighted by Crippen LogP contribution is -2.49. The summed E-state index contributed by atoms with van der Waals surface area (Å²) in [6.07, 6.45) is 3.46. The Morgan fingerprint density at radius 1 is 1.30 bits per heavy atom. The van der Waals surface area contributed by atoms with Crippen molar-refractivity contribution in [2.75, 3.05) is 32.8 Å². The summed E-state index contributed by atoms with van der Waals surface area (Å²) in [5.41, 5.74) is 1.55. The Hall–Kier alpha value is -1.40. The Kier molecular flexibility index (Phi) is 6.26. The van der Waals surface area contributed by atoms with Crippen molar-refractivity contribution in [1.82, 2.24) is 20.0 Å². The van der Waals surface area contributed by atoms with Crippen LogP contribution in [0.5, 0.6) is 0 Å². The molecule has 0 bridgehead atoms. The van der Waals surface area contributed by atoms with Gasteiger partial charge in [-0.15, -0.1) is 0 Å². The SMILES string of the molecule is CC(C)CC(CNC(=O)c1cc(C2CC2)nn1C(C)(C)C)N1CCOCC1. The zero-order valence-electron chi connectivity index (χ0n) is 17.6. The molecule has 0 spiro atoms. The molecule has 1 aliphatic heterocycles. The summed E-state index contributed by atoms with van der Waals surface area (Å²) in [6, 6.07) is 2.36. The van der Waals surface area contributed by atoms with Gasteiger partial charge in [0.15, 0.2) is 0 Å². The zero-order chi connectivity index (χ0) is 19.6. The highest BCUT2D eigenvalue weighted by Crippen LogP contribution is 2.40. The number of carbonyl (C=O) groups excluding carboxylic acids is 1. The molecular formula is C21H36N4O2. The average Bonchev–Trinajstić information content (AvgIpc) is 3.35. The van der Waals surface area contributed by atoms with Gasteiger partial charge < -0.3 is 10.1 Å². The molecular weight excluding hydrogens is 340 g/mol. The molecule has 6 heteroatoms. The molecule has 1 aliphatic carbocycles. The lowest BCUT2D eigenvalue weighted by Gasteiger charge is -2.35. The third-order valence-electron chi connectivity index (χ3n) is 5.40. The van der Waals surface area contributed by atoms with E-state index in [9.17, 15) is 4.79 Å². The summed E-state index contributed by atoms with van der Waals surface area (Å²) in [6.45, 7) is 14.9. The quantitative estimate of drug-likeness (QED) is 0.795. The number of ether oxygens (including phenoxy) is 1. The van der Waals surface area contributed by atoms with Crippen LogP contribution in [-0.2, 0) is 10.3 Å². The van der Waals surface area contributed by atoms with E-state index in [1.807, 2.05) is 10.7 Å². The lowest BCUT2D eigenvalue weighted by molar-refractivity contribution is 0.0124. The maximum absolute atomic E-state index is 13.0. The number of rotatable bonds is 7. The van der Waals surface area contributed by atoms with Crippen molar-refractivity contribution in [2.45, 2.75) is 71.4 Å². The minimum absolute atomic E-state index is 0.00802. The Morgan fingerprint density at radius 2 is 1.96 bits per heavy atom. The highest BCUT2D eigenvalue weighted by Gasteiger charge is 2.31. The molecule has 1 aromatic heterocycles. The first-order valence-corrected chi connectivity index (χ1v) is 10.5. The van der Waals surface area contributed by atoms with Crippen molar-refractivity contribution >= 4 is 5.91 Å². The van der Waals surface area contributed by atoms with Crippen LogP contribution >= 0.6 is 0 Å². The van der Waals surface area contributed by atoms with Crippen LogP contribution in [0, 0.1) is 5.92 Å². The van der Waals surface area contributed by atoms with Gasteiger partial charge in [0.1, 0.15) is 5.69 Å². The number of carbonyl (C=O) groups is 1. The molecule has 1 amide bonds. The molecule has 0 radical (unpaired) electrons. The van der Waals surface area contributed by atoms with Gasteiger partial charge in [0, 0.05) is 31.6 Å². The van der Waals surface area contributed by atoms with Gasteiger partial charge in [-0.3, -0.25) is 14.4 Å². The van der Waals surface area contributed by atoms with E-state index in [0.717, 1.165) is 38.4 Å². The molecule has 1 unspecified atom stereocenters. The fraction of sp³-hybridized carbons (Fsp3) is 0.810. The van der Waals surface area contributed by atoms with Gasteiger partial charge in [-0.2, -0.15) is 5.10 Å². The molecule has 6 nitrogen and oxygen atoms in total. The number of nitrogens with one attached hydrogen (secondary N) is 1. The van der Waals surface area contributed by atoms with E-state index in [1.54, 1.807) is 0 Å². The van der Waals surface area contributed by atoms with E-state index in [2.05, 4.69) is 44.8 Å². The van der Waals surface area contributed by atoms with Gasteiger partial charge in [-0.1, -0.05) is 13.8 Å². The Morgan fingerprint density at radius 3 is 2.52 bits per heavy atom. The average molecular weight is 377 g/mol. The molecule has 0 aromatic carbocycles. The second-order valence-corrected chi connectivity index (χ2v) is 9.45. The van der Waals surface area contributed by atoms with E-state index >= 15 is 0 Å². The lowest BCUT2D eigenvalue weighted by atomic mass is 10.0. The molecule has 1 aromatic rings. The van der Waals surface area contributed by atoms with Gasteiger partial charge in [0.25, 0.3) is 5.91 Å². The molecule has 1 saturated heterocycles. The molecule has 152 valence electrons. The standard InChI is InChI=1S/C21H36N4O2/c1-15(2)12-17(24-8-10-27-11-9-24)14-22-20(26)19-13-18(16-6-7-16)23-25(19)21(3,4)5/h13,15-17H,6-12,14H2,1-5H3,(H,22,26). The second-order valence-electron chi connectivity index (χ2n) is 9.45. The van der Waals surface area contributed by atoms with Crippen molar-refractivity contribution in [3.63, 3.8) is 0 Å². The maximum Gasteiger partial charge on any atom is 0.269 e. The van der Waals surface area contributed by atoms with Crippen LogP contribution in [0.2, 0.25) is 0 Å². The summed E-state index contributed by atoms with van der Waals surface area (Å²) < 4.78 is 7.40. The van der Waals surface area contributed by atoms with Crippen molar-refractivity contribution in [3.8, 4) is 0 Å². The van der Waals surface area contributed by atoms with Crippen LogP contribution < -0.4 is 5.32 Å². The van der Waals surface area contributed by atoms with Gasteiger partial charge >= 0.3 is 0 Å². The van der Waals surface area contributed by atoms with Gasteiger partial charge in [-0.05, 0) is 52.0 Å². The topological polar surface area (TPSA) is 59.4 Å².